The summed E-state index contributed by atoms with van der Waals surface area (Å²) in [5.74, 6) is 0.484. The average molecular weight is 376 g/mol. The van der Waals surface area contributed by atoms with Crippen molar-refractivity contribution in [2.45, 2.75) is 25.9 Å². The molecule has 1 aliphatic heterocycles. The molecule has 3 aromatic rings. The topological polar surface area (TPSA) is 80.6 Å². The summed E-state index contributed by atoms with van der Waals surface area (Å²) in [4.78, 5) is 24.9. The molecule has 2 unspecified atom stereocenters. The highest BCUT2D eigenvalue weighted by molar-refractivity contribution is 6.07. The fourth-order valence-corrected chi connectivity index (χ4v) is 3.24. The Morgan fingerprint density at radius 2 is 1.61 bits per heavy atom. The molecule has 2 amide bonds. The molecule has 2 aromatic carbocycles. The first kappa shape index (κ1) is 17.9. The number of rotatable bonds is 4. The quantitative estimate of drug-likeness (QED) is 0.693. The van der Waals surface area contributed by atoms with Crippen LogP contribution in [0.3, 0.4) is 0 Å². The van der Waals surface area contributed by atoms with Gasteiger partial charge in [0.1, 0.15) is 11.9 Å². The number of anilines is 2. The molecule has 6 nitrogen and oxygen atoms in total. The zero-order chi connectivity index (χ0) is 19.7. The Kier molecular flexibility index (Phi) is 4.61. The number of fused-ring (bicyclic) bond motifs is 1. The van der Waals surface area contributed by atoms with Crippen LogP contribution in [-0.4, -0.2) is 17.9 Å². The molecule has 4 rings (SSSR count). The summed E-state index contributed by atoms with van der Waals surface area (Å²) in [5.41, 5.74) is 2.66. The van der Waals surface area contributed by atoms with Gasteiger partial charge in [-0.05, 0) is 43.3 Å². The Labute approximate surface area is 162 Å². The van der Waals surface area contributed by atoms with Crippen molar-refractivity contribution in [1.82, 2.24) is 0 Å². The molecule has 28 heavy (non-hydrogen) atoms. The SMILES string of the molecule is CC1Oc2c(C(=O)Nc3cccc(NC(=O)c4ccco4)c3)cccc2C1C. The molecule has 1 aromatic heterocycles. The Bertz CT molecular complexity index is 1030. The van der Waals surface area contributed by atoms with Gasteiger partial charge in [0.05, 0.1) is 11.8 Å². The van der Waals surface area contributed by atoms with Gasteiger partial charge >= 0.3 is 0 Å². The molecule has 0 bridgehead atoms. The maximum absolute atomic E-state index is 12.8. The minimum absolute atomic E-state index is 0.0316. The third-order valence-electron chi connectivity index (χ3n) is 4.91. The van der Waals surface area contributed by atoms with Crippen molar-refractivity contribution in [3.8, 4) is 5.75 Å². The van der Waals surface area contributed by atoms with Gasteiger partial charge in [0.25, 0.3) is 11.8 Å². The van der Waals surface area contributed by atoms with Crippen molar-refractivity contribution in [3.05, 3.63) is 77.7 Å². The van der Waals surface area contributed by atoms with Crippen molar-refractivity contribution in [1.29, 1.82) is 0 Å². The second kappa shape index (κ2) is 7.23. The Morgan fingerprint density at radius 1 is 0.893 bits per heavy atom. The van der Waals surface area contributed by atoms with E-state index in [-0.39, 0.29) is 29.6 Å². The fraction of sp³-hybridized carbons (Fsp3) is 0.182. The number of furan rings is 1. The van der Waals surface area contributed by atoms with Crippen LogP contribution in [0.25, 0.3) is 0 Å². The van der Waals surface area contributed by atoms with Crippen LogP contribution < -0.4 is 15.4 Å². The highest BCUT2D eigenvalue weighted by Crippen LogP contribution is 2.40. The monoisotopic (exact) mass is 376 g/mol. The van der Waals surface area contributed by atoms with Gasteiger partial charge < -0.3 is 19.8 Å². The van der Waals surface area contributed by atoms with E-state index in [1.54, 1.807) is 42.5 Å². The number of carbonyl (C=O) groups excluding carboxylic acids is 2. The van der Waals surface area contributed by atoms with E-state index in [1.807, 2.05) is 19.1 Å². The van der Waals surface area contributed by atoms with Crippen LogP contribution in [0.4, 0.5) is 11.4 Å². The highest BCUT2D eigenvalue weighted by Gasteiger charge is 2.31. The smallest absolute Gasteiger partial charge is 0.291 e. The van der Waals surface area contributed by atoms with Crippen molar-refractivity contribution in [2.75, 3.05) is 10.6 Å². The fourth-order valence-electron chi connectivity index (χ4n) is 3.24. The minimum Gasteiger partial charge on any atom is -0.489 e. The van der Waals surface area contributed by atoms with Gasteiger partial charge in [-0.1, -0.05) is 25.1 Å². The molecular formula is C22H20N2O4. The summed E-state index contributed by atoms with van der Waals surface area (Å²) < 4.78 is 11.0. The van der Waals surface area contributed by atoms with E-state index in [0.29, 0.717) is 22.7 Å². The van der Waals surface area contributed by atoms with E-state index in [2.05, 4.69) is 17.6 Å². The minimum atomic E-state index is -0.356. The highest BCUT2D eigenvalue weighted by atomic mass is 16.5. The summed E-state index contributed by atoms with van der Waals surface area (Å²) in [7, 11) is 0. The molecule has 2 N–H and O–H groups in total. The van der Waals surface area contributed by atoms with Gasteiger partial charge in [-0.25, -0.2) is 0 Å². The molecule has 1 aliphatic rings. The van der Waals surface area contributed by atoms with Crippen molar-refractivity contribution in [2.24, 2.45) is 0 Å². The molecule has 0 aliphatic carbocycles. The molecule has 0 saturated carbocycles. The van der Waals surface area contributed by atoms with E-state index in [9.17, 15) is 9.59 Å². The second-order valence-corrected chi connectivity index (χ2v) is 6.80. The Hall–Kier alpha value is -3.54. The van der Waals surface area contributed by atoms with E-state index in [0.717, 1.165) is 5.56 Å². The van der Waals surface area contributed by atoms with Gasteiger partial charge in [0.15, 0.2) is 5.76 Å². The van der Waals surface area contributed by atoms with Gasteiger partial charge in [-0.3, -0.25) is 9.59 Å². The maximum atomic E-state index is 12.8. The van der Waals surface area contributed by atoms with E-state index < -0.39 is 0 Å². The predicted octanol–water partition coefficient (Wildman–Crippen LogP) is 4.67. The first-order chi connectivity index (χ1) is 13.5. The van der Waals surface area contributed by atoms with Gasteiger partial charge in [-0.15, -0.1) is 0 Å². The maximum Gasteiger partial charge on any atom is 0.291 e. The molecular weight excluding hydrogens is 356 g/mol. The number of para-hydroxylation sites is 1. The molecule has 142 valence electrons. The molecule has 2 atom stereocenters. The number of nitrogens with one attached hydrogen (secondary N) is 2. The molecule has 0 fully saturated rings. The van der Waals surface area contributed by atoms with Crippen LogP contribution in [0.2, 0.25) is 0 Å². The lowest BCUT2D eigenvalue weighted by atomic mass is 9.97. The standard InChI is InChI=1S/C22H20N2O4/c1-13-14(2)28-20-17(13)8-4-9-18(20)21(25)23-15-6-3-7-16(12-15)24-22(26)19-10-5-11-27-19/h3-14H,1-2H3,(H,23,25)(H,24,26). The zero-order valence-corrected chi connectivity index (χ0v) is 15.6. The summed E-state index contributed by atoms with van der Waals surface area (Å²) in [6.45, 7) is 4.08. The molecule has 2 heterocycles. The molecule has 0 radical (unpaired) electrons. The third kappa shape index (κ3) is 3.36. The number of ether oxygens (including phenoxy) is 1. The zero-order valence-electron chi connectivity index (χ0n) is 15.6. The van der Waals surface area contributed by atoms with Crippen molar-refractivity contribution < 1.29 is 18.7 Å². The first-order valence-electron chi connectivity index (χ1n) is 9.09. The number of carbonyl (C=O) groups is 2. The average Bonchev–Trinajstić information content (AvgIpc) is 3.31. The van der Waals surface area contributed by atoms with E-state index >= 15 is 0 Å². The second-order valence-electron chi connectivity index (χ2n) is 6.80. The number of amides is 2. The molecule has 6 heteroatoms. The van der Waals surface area contributed by atoms with E-state index in [1.165, 1.54) is 6.26 Å². The Balaban J connectivity index is 1.51. The summed E-state index contributed by atoms with van der Waals surface area (Å²) >= 11 is 0. The predicted molar refractivity (Wildman–Crippen MR) is 106 cm³/mol. The summed E-state index contributed by atoms with van der Waals surface area (Å²) in [6, 6.07) is 15.8. The van der Waals surface area contributed by atoms with Crippen LogP contribution in [0, 0.1) is 0 Å². The third-order valence-corrected chi connectivity index (χ3v) is 4.91. The lowest BCUT2D eigenvalue weighted by Crippen LogP contribution is -2.15. The lowest BCUT2D eigenvalue weighted by Gasteiger charge is -2.11. The molecule has 0 saturated heterocycles. The van der Waals surface area contributed by atoms with Crippen LogP contribution in [-0.2, 0) is 0 Å². The largest absolute Gasteiger partial charge is 0.489 e. The van der Waals surface area contributed by atoms with Crippen LogP contribution >= 0.6 is 0 Å². The number of hydrogen-bond acceptors (Lipinski definition) is 4. The van der Waals surface area contributed by atoms with Gasteiger partial charge in [0, 0.05) is 22.9 Å². The number of hydrogen-bond donors (Lipinski definition) is 2. The molecule has 0 spiro atoms. The number of benzene rings is 2. The van der Waals surface area contributed by atoms with Gasteiger partial charge in [-0.2, -0.15) is 0 Å². The van der Waals surface area contributed by atoms with Crippen LogP contribution in [0.5, 0.6) is 5.75 Å². The van der Waals surface area contributed by atoms with E-state index in [4.69, 9.17) is 9.15 Å². The van der Waals surface area contributed by atoms with Crippen molar-refractivity contribution >= 4 is 23.2 Å². The first-order valence-corrected chi connectivity index (χ1v) is 9.09. The summed E-state index contributed by atoms with van der Waals surface area (Å²) in [5, 5.41) is 5.61. The lowest BCUT2D eigenvalue weighted by molar-refractivity contribution is 0.0994. The van der Waals surface area contributed by atoms with Gasteiger partial charge in [0.2, 0.25) is 0 Å². The van der Waals surface area contributed by atoms with Crippen molar-refractivity contribution in [3.63, 3.8) is 0 Å². The van der Waals surface area contributed by atoms with Crippen LogP contribution in [0.15, 0.2) is 65.3 Å². The normalized spacial score (nSPS) is 17.5. The Morgan fingerprint density at radius 3 is 2.32 bits per heavy atom. The van der Waals surface area contributed by atoms with Crippen LogP contribution in [0.1, 0.15) is 46.2 Å². The summed E-state index contributed by atoms with van der Waals surface area (Å²) in [6.07, 6.45) is 1.47.